The summed E-state index contributed by atoms with van der Waals surface area (Å²) in [6.07, 6.45) is 0. The van der Waals surface area contributed by atoms with Crippen LogP contribution in [0.4, 0.5) is 0 Å². The Morgan fingerprint density at radius 3 is 2.33 bits per heavy atom. The minimum absolute atomic E-state index is 0.0329. The highest BCUT2D eigenvalue weighted by Crippen LogP contribution is 2.30. The molecule has 0 saturated heterocycles. The van der Waals surface area contributed by atoms with E-state index in [9.17, 15) is 4.79 Å². The summed E-state index contributed by atoms with van der Waals surface area (Å²) in [6, 6.07) is 21.5. The van der Waals surface area contributed by atoms with Gasteiger partial charge in [0.1, 0.15) is 5.75 Å². The zero-order valence-electron chi connectivity index (χ0n) is 13.6. The van der Waals surface area contributed by atoms with Crippen molar-refractivity contribution in [2.75, 3.05) is 7.11 Å². The molecule has 0 unspecified atom stereocenters. The van der Waals surface area contributed by atoms with Crippen LogP contribution in [0.1, 0.15) is 15.9 Å². The fourth-order valence-electron chi connectivity index (χ4n) is 3.16. The van der Waals surface area contributed by atoms with Crippen LogP contribution in [0.3, 0.4) is 0 Å². The lowest BCUT2D eigenvalue weighted by molar-refractivity contribution is 0.0969. The van der Waals surface area contributed by atoms with Crippen LogP contribution in [-0.2, 0) is 0 Å². The molecule has 0 fully saturated rings. The number of benzene rings is 3. The molecule has 0 amide bonds. The van der Waals surface area contributed by atoms with E-state index in [1.54, 1.807) is 23.8 Å². The van der Waals surface area contributed by atoms with Crippen molar-refractivity contribution in [3.05, 3.63) is 77.9 Å². The molecule has 0 aliphatic carbocycles. The Morgan fingerprint density at radius 2 is 1.58 bits per heavy atom. The number of para-hydroxylation sites is 1. The maximum Gasteiger partial charge on any atom is 0.262 e. The first-order valence-corrected chi connectivity index (χ1v) is 7.87. The minimum atomic E-state index is -0.0329. The number of rotatable bonds is 2. The molecule has 0 aliphatic heterocycles. The molecule has 4 rings (SSSR count). The van der Waals surface area contributed by atoms with Crippen molar-refractivity contribution in [3.8, 4) is 5.75 Å². The predicted octanol–water partition coefficient (Wildman–Crippen LogP) is 4.80. The zero-order valence-corrected chi connectivity index (χ0v) is 13.6. The van der Waals surface area contributed by atoms with Crippen LogP contribution in [0.15, 0.2) is 66.7 Å². The van der Waals surface area contributed by atoms with Gasteiger partial charge in [-0.1, -0.05) is 30.3 Å². The van der Waals surface area contributed by atoms with Crippen LogP contribution in [-0.4, -0.2) is 17.6 Å². The van der Waals surface area contributed by atoms with E-state index in [2.05, 4.69) is 24.3 Å². The lowest BCUT2D eigenvalue weighted by atomic mass is 10.1. The summed E-state index contributed by atoms with van der Waals surface area (Å²) < 4.78 is 6.98. The van der Waals surface area contributed by atoms with Crippen LogP contribution in [0.5, 0.6) is 5.75 Å². The maximum absolute atomic E-state index is 13.2. The topological polar surface area (TPSA) is 31.2 Å². The van der Waals surface area contributed by atoms with Crippen LogP contribution >= 0.6 is 0 Å². The smallest absolute Gasteiger partial charge is 0.262 e. The Kier molecular flexibility index (Phi) is 3.35. The van der Waals surface area contributed by atoms with Gasteiger partial charge in [-0.3, -0.25) is 9.36 Å². The Bertz CT molecular complexity index is 1060. The third-order valence-electron chi connectivity index (χ3n) is 4.37. The first-order valence-electron chi connectivity index (χ1n) is 7.87. The molecule has 0 saturated carbocycles. The molecular formula is C21H17NO2. The normalized spacial score (nSPS) is 11.1. The van der Waals surface area contributed by atoms with Gasteiger partial charge >= 0.3 is 0 Å². The summed E-state index contributed by atoms with van der Waals surface area (Å²) in [5.41, 5.74) is 3.64. The molecule has 3 nitrogen and oxygen atoms in total. The van der Waals surface area contributed by atoms with E-state index in [0.29, 0.717) is 5.56 Å². The second-order valence-electron chi connectivity index (χ2n) is 5.91. The van der Waals surface area contributed by atoms with Crippen LogP contribution < -0.4 is 4.74 Å². The molecule has 118 valence electrons. The third-order valence-corrected chi connectivity index (χ3v) is 4.37. The van der Waals surface area contributed by atoms with Crippen LogP contribution in [0.2, 0.25) is 0 Å². The Balaban J connectivity index is 1.99. The van der Waals surface area contributed by atoms with E-state index >= 15 is 0 Å². The summed E-state index contributed by atoms with van der Waals surface area (Å²) in [6.45, 7) is 2.04. The van der Waals surface area contributed by atoms with Crippen molar-refractivity contribution in [3.63, 3.8) is 0 Å². The van der Waals surface area contributed by atoms with Gasteiger partial charge < -0.3 is 4.74 Å². The molecule has 4 aromatic rings. The van der Waals surface area contributed by atoms with Gasteiger partial charge in [0.15, 0.2) is 0 Å². The molecule has 0 N–H and O–H groups in total. The Hall–Kier alpha value is -3.07. The number of aromatic nitrogens is 1. The number of carbonyl (C=O) groups is 1. The lowest BCUT2D eigenvalue weighted by Crippen LogP contribution is -2.11. The highest BCUT2D eigenvalue weighted by Gasteiger charge is 2.17. The highest BCUT2D eigenvalue weighted by molar-refractivity contribution is 6.16. The summed E-state index contributed by atoms with van der Waals surface area (Å²) in [7, 11) is 1.62. The van der Waals surface area contributed by atoms with E-state index in [0.717, 1.165) is 33.1 Å². The number of ether oxygens (including phenoxy) is 1. The molecular weight excluding hydrogens is 298 g/mol. The standard InChI is InChI=1S/C21H17NO2/c1-14-7-12-18-17-5-3-4-6-19(17)22(20(18)13-14)21(23)15-8-10-16(24-2)11-9-15/h3-13H,1-2H3. The average molecular weight is 315 g/mol. The first-order chi connectivity index (χ1) is 11.7. The lowest BCUT2D eigenvalue weighted by Gasteiger charge is -2.07. The molecule has 0 aliphatic rings. The second kappa shape index (κ2) is 5.53. The molecule has 1 heterocycles. The Labute approximate surface area is 140 Å². The Morgan fingerprint density at radius 1 is 0.875 bits per heavy atom. The van der Waals surface area contributed by atoms with E-state index in [4.69, 9.17) is 4.74 Å². The minimum Gasteiger partial charge on any atom is -0.497 e. The zero-order chi connectivity index (χ0) is 16.7. The first kappa shape index (κ1) is 14.5. The van der Waals surface area contributed by atoms with Gasteiger partial charge in [-0.15, -0.1) is 0 Å². The molecule has 3 heteroatoms. The molecule has 0 bridgehead atoms. The van der Waals surface area contributed by atoms with E-state index in [1.165, 1.54) is 0 Å². The summed E-state index contributed by atoms with van der Waals surface area (Å²) >= 11 is 0. The highest BCUT2D eigenvalue weighted by atomic mass is 16.5. The molecule has 1 aromatic heterocycles. The van der Waals surface area contributed by atoms with Crippen molar-refractivity contribution >= 4 is 27.7 Å². The third kappa shape index (κ3) is 2.17. The monoisotopic (exact) mass is 315 g/mol. The van der Waals surface area contributed by atoms with Gasteiger partial charge in [-0.25, -0.2) is 0 Å². The van der Waals surface area contributed by atoms with Gasteiger partial charge in [0.05, 0.1) is 18.1 Å². The van der Waals surface area contributed by atoms with Gasteiger partial charge in [0.2, 0.25) is 0 Å². The number of nitrogens with zero attached hydrogens (tertiary/aromatic N) is 1. The number of methoxy groups -OCH3 is 1. The van der Waals surface area contributed by atoms with Gasteiger partial charge in [-0.2, -0.15) is 0 Å². The predicted molar refractivity (Wildman–Crippen MR) is 96.9 cm³/mol. The quantitative estimate of drug-likeness (QED) is 0.532. The van der Waals surface area contributed by atoms with E-state index in [1.807, 2.05) is 37.3 Å². The number of carbonyl (C=O) groups excluding carboxylic acids is 1. The van der Waals surface area contributed by atoms with Crippen molar-refractivity contribution in [2.45, 2.75) is 6.92 Å². The summed E-state index contributed by atoms with van der Waals surface area (Å²) in [4.78, 5) is 13.2. The molecule has 24 heavy (non-hydrogen) atoms. The van der Waals surface area contributed by atoms with Gasteiger partial charge in [0, 0.05) is 16.3 Å². The van der Waals surface area contributed by atoms with Gasteiger partial charge in [0.25, 0.3) is 5.91 Å². The molecule has 0 atom stereocenters. The number of aryl methyl sites for hydroxylation is 1. The fraction of sp³-hybridized carbons (Fsp3) is 0.0952. The van der Waals surface area contributed by atoms with Crippen LogP contribution in [0, 0.1) is 6.92 Å². The molecule has 0 radical (unpaired) electrons. The maximum atomic E-state index is 13.2. The number of fused-ring (bicyclic) bond motifs is 3. The number of hydrogen-bond donors (Lipinski definition) is 0. The SMILES string of the molecule is COc1ccc(C(=O)n2c3ccccc3c3ccc(C)cc32)cc1. The van der Waals surface area contributed by atoms with Crippen LogP contribution in [0.25, 0.3) is 21.8 Å². The summed E-state index contributed by atoms with van der Waals surface area (Å²) in [5.74, 6) is 0.707. The largest absolute Gasteiger partial charge is 0.497 e. The van der Waals surface area contributed by atoms with Gasteiger partial charge in [-0.05, 0) is 48.9 Å². The van der Waals surface area contributed by atoms with E-state index in [-0.39, 0.29) is 5.91 Å². The van der Waals surface area contributed by atoms with Crippen molar-refractivity contribution < 1.29 is 9.53 Å². The molecule has 0 spiro atoms. The average Bonchev–Trinajstić information content (AvgIpc) is 2.94. The van der Waals surface area contributed by atoms with E-state index < -0.39 is 0 Å². The van der Waals surface area contributed by atoms with Crippen molar-refractivity contribution in [1.29, 1.82) is 0 Å². The van der Waals surface area contributed by atoms with Crippen molar-refractivity contribution in [2.24, 2.45) is 0 Å². The number of hydrogen-bond acceptors (Lipinski definition) is 2. The second-order valence-corrected chi connectivity index (χ2v) is 5.91. The summed E-state index contributed by atoms with van der Waals surface area (Å²) in [5, 5.41) is 2.19. The fourth-order valence-corrected chi connectivity index (χ4v) is 3.16. The molecule has 3 aromatic carbocycles. The van der Waals surface area contributed by atoms with Crippen molar-refractivity contribution in [1.82, 2.24) is 4.57 Å².